The van der Waals surface area contributed by atoms with Gasteiger partial charge in [0.15, 0.2) is 0 Å². The normalized spacial score (nSPS) is 13.5. The lowest BCUT2D eigenvalue weighted by Gasteiger charge is -2.18. The third-order valence-corrected chi connectivity index (χ3v) is 2.97. The van der Waals surface area contributed by atoms with Gasteiger partial charge in [0.1, 0.15) is 0 Å². The van der Waals surface area contributed by atoms with Crippen LogP contribution in [0.2, 0.25) is 0 Å². The molecule has 0 spiro atoms. The van der Waals surface area contributed by atoms with Crippen molar-refractivity contribution in [2.45, 2.75) is 18.6 Å². The summed E-state index contributed by atoms with van der Waals surface area (Å²) in [5.41, 5.74) is 0.815. The topological polar surface area (TPSA) is 72.8 Å². The third kappa shape index (κ3) is 3.30. The molecule has 0 aliphatic rings. The number of rotatable bonds is 4. The minimum Gasteiger partial charge on any atom is -0.390 e. The molecule has 2 aromatic rings. The van der Waals surface area contributed by atoms with Crippen molar-refractivity contribution in [3.8, 4) is 6.07 Å². The molecule has 0 bridgehead atoms. The van der Waals surface area contributed by atoms with Gasteiger partial charge in [-0.05, 0) is 17.7 Å². The fraction of sp³-hybridized carbons (Fsp3) is 0.200. The number of nitrogens with zero attached hydrogens (tertiary/aromatic N) is 2. The Kier molecular flexibility index (Phi) is 4.11. The summed E-state index contributed by atoms with van der Waals surface area (Å²) < 4.78 is 1.77. The van der Waals surface area contributed by atoms with Crippen LogP contribution < -0.4 is 5.36 Å². The second-order valence-electron chi connectivity index (χ2n) is 4.37. The lowest BCUT2D eigenvalue weighted by Crippen LogP contribution is -2.23. The van der Waals surface area contributed by atoms with E-state index >= 15 is 0 Å². The zero-order valence-electron chi connectivity index (χ0n) is 10.4. The monoisotopic (exact) mass is 253 g/mol. The number of aliphatic hydroxyl groups excluding tert-OH is 1. The summed E-state index contributed by atoms with van der Waals surface area (Å²) in [6, 6.07) is 14.7. The fourth-order valence-corrected chi connectivity index (χ4v) is 1.94. The molecule has 0 radical (unpaired) electrons. The van der Waals surface area contributed by atoms with Gasteiger partial charge in [-0.2, -0.15) is 5.26 Å². The van der Waals surface area contributed by atoms with E-state index in [0.717, 1.165) is 5.56 Å². The summed E-state index contributed by atoms with van der Waals surface area (Å²) in [5.74, 6) is -0.552. The fourth-order valence-electron chi connectivity index (χ4n) is 1.94. The molecule has 4 heteroatoms. The lowest BCUT2D eigenvalue weighted by molar-refractivity contribution is 0.141. The first-order chi connectivity index (χ1) is 9.20. The average molecular weight is 253 g/mol. The Morgan fingerprint density at radius 3 is 2.37 bits per heavy atom. The number of nitrogens with one attached hydrogen (secondary N) is 1. The summed E-state index contributed by atoms with van der Waals surface area (Å²) in [6.45, 7) is 0.327. The summed E-state index contributed by atoms with van der Waals surface area (Å²) >= 11 is 0. The smallest absolute Gasteiger partial charge is 0.0989 e. The van der Waals surface area contributed by atoms with E-state index in [0.29, 0.717) is 11.9 Å². The van der Waals surface area contributed by atoms with Crippen LogP contribution in [0.4, 0.5) is 0 Å². The molecule has 1 heterocycles. The molecule has 2 atom stereocenters. The largest absolute Gasteiger partial charge is 0.390 e. The van der Waals surface area contributed by atoms with Gasteiger partial charge in [-0.1, -0.05) is 30.3 Å². The van der Waals surface area contributed by atoms with Crippen molar-refractivity contribution < 1.29 is 5.11 Å². The van der Waals surface area contributed by atoms with Gasteiger partial charge in [0.2, 0.25) is 0 Å². The van der Waals surface area contributed by atoms with E-state index in [1.807, 2.05) is 30.3 Å². The Morgan fingerprint density at radius 1 is 1.16 bits per heavy atom. The molecule has 1 aromatic carbocycles. The van der Waals surface area contributed by atoms with Crippen molar-refractivity contribution >= 4 is 0 Å². The van der Waals surface area contributed by atoms with E-state index in [2.05, 4.69) is 6.07 Å². The summed E-state index contributed by atoms with van der Waals surface area (Å²) in [4.78, 5) is 0. The molecule has 0 aliphatic carbocycles. The Labute approximate surface area is 111 Å². The maximum atomic E-state index is 10.2. The average Bonchev–Trinajstić information content (AvgIpc) is 2.43. The number of pyridine rings is 1. The first kappa shape index (κ1) is 13.1. The van der Waals surface area contributed by atoms with Crippen molar-refractivity contribution in [1.82, 2.24) is 4.57 Å². The zero-order valence-corrected chi connectivity index (χ0v) is 10.4. The summed E-state index contributed by atoms with van der Waals surface area (Å²) in [6.07, 6.45) is 2.67. The van der Waals surface area contributed by atoms with Crippen LogP contribution in [0.3, 0.4) is 0 Å². The number of hydrogen-bond acceptors (Lipinski definition) is 3. The van der Waals surface area contributed by atoms with E-state index in [4.69, 9.17) is 5.41 Å². The van der Waals surface area contributed by atoms with E-state index in [-0.39, 0.29) is 0 Å². The second kappa shape index (κ2) is 5.98. The molecule has 2 rings (SSSR count). The molecule has 0 amide bonds. The summed E-state index contributed by atoms with van der Waals surface area (Å²) in [7, 11) is 0. The van der Waals surface area contributed by atoms with Crippen molar-refractivity contribution in [2.75, 3.05) is 0 Å². The van der Waals surface area contributed by atoms with Crippen molar-refractivity contribution in [2.24, 2.45) is 0 Å². The van der Waals surface area contributed by atoms with Crippen LogP contribution in [-0.2, 0) is 6.54 Å². The van der Waals surface area contributed by atoms with Gasteiger partial charge in [-0.15, -0.1) is 0 Å². The van der Waals surface area contributed by atoms with Crippen LogP contribution in [-0.4, -0.2) is 15.8 Å². The van der Waals surface area contributed by atoms with E-state index in [9.17, 15) is 10.4 Å². The minimum absolute atomic E-state index is 0.327. The molecule has 0 saturated carbocycles. The Morgan fingerprint density at radius 2 is 1.79 bits per heavy atom. The highest BCUT2D eigenvalue weighted by molar-refractivity contribution is 5.26. The molecular weight excluding hydrogens is 238 g/mol. The van der Waals surface area contributed by atoms with Crippen LogP contribution >= 0.6 is 0 Å². The predicted octanol–water partition coefficient (Wildman–Crippen LogP) is 1.64. The standard InChI is InChI=1S/C15H15N3O/c16-10-14(12-4-2-1-3-5-12)15(19)11-18-8-6-13(17)7-9-18/h1-9,14-15,17,19H,11H2/t14-,15-/m1/s1. The molecule has 1 aromatic heterocycles. The van der Waals surface area contributed by atoms with Crippen LogP contribution in [0.15, 0.2) is 54.9 Å². The number of aromatic nitrogens is 1. The van der Waals surface area contributed by atoms with Crippen LogP contribution in [0.1, 0.15) is 11.5 Å². The zero-order chi connectivity index (χ0) is 13.7. The number of hydrogen-bond donors (Lipinski definition) is 2. The molecule has 4 nitrogen and oxygen atoms in total. The van der Waals surface area contributed by atoms with Gasteiger partial charge in [0.05, 0.1) is 23.4 Å². The van der Waals surface area contributed by atoms with Crippen LogP contribution in [0, 0.1) is 16.7 Å². The molecular formula is C15H15N3O. The molecule has 2 N–H and O–H groups in total. The van der Waals surface area contributed by atoms with Crippen LogP contribution in [0.25, 0.3) is 0 Å². The van der Waals surface area contributed by atoms with Gasteiger partial charge in [0.25, 0.3) is 0 Å². The molecule has 0 unspecified atom stereocenters. The van der Waals surface area contributed by atoms with Gasteiger partial charge in [-0.25, -0.2) is 0 Å². The predicted molar refractivity (Wildman–Crippen MR) is 71.1 cm³/mol. The maximum Gasteiger partial charge on any atom is 0.0989 e. The number of nitriles is 1. The van der Waals surface area contributed by atoms with Crippen LogP contribution in [0.5, 0.6) is 0 Å². The highest BCUT2D eigenvalue weighted by Gasteiger charge is 2.20. The first-order valence-corrected chi connectivity index (χ1v) is 6.04. The molecule has 0 fully saturated rings. The van der Waals surface area contributed by atoms with Gasteiger partial charge >= 0.3 is 0 Å². The molecule has 0 aliphatic heterocycles. The third-order valence-electron chi connectivity index (χ3n) is 2.97. The summed E-state index contributed by atoms with van der Waals surface area (Å²) in [5, 5.41) is 27.2. The van der Waals surface area contributed by atoms with Crippen molar-refractivity contribution in [3.05, 3.63) is 65.8 Å². The van der Waals surface area contributed by atoms with Crippen molar-refractivity contribution in [3.63, 3.8) is 0 Å². The quantitative estimate of drug-likeness (QED) is 0.869. The van der Waals surface area contributed by atoms with Gasteiger partial charge in [0, 0.05) is 18.9 Å². The lowest BCUT2D eigenvalue weighted by atomic mass is 9.95. The maximum absolute atomic E-state index is 10.2. The minimum atomic E-state index is -0.783. The molecule has 0 saturated heterocycles. The Bertz CT molecular complexity index is 607. The highest BCUT2D eigenvalue weighted by atomic mass is 16.3. The number of aliphatic hydroxyl groups is 1. The second-order valence-corrected chi connectivity index (χ2v) is 4.37. The highest BCUT2D eigenvalue weighted by Crippen LogP contribution is 2.19. The Hall–Kier alpha value is -2.38. The first-order valence-electron chi connectivity index (χ1n) is 6.04. The molecule has 96 valence electrons. The SMILES string of the molecule is N#C[C@H](c1ccccc1)[C@H](O)Cn1ccc(=N)cc1. The van der Waals surface area contributed by atoms with Crippen molar-refractivity contribution in [1.29, 1.82) is 10.7 Å². The van der Waals surface area contributed by atoms with E-state index < -0.39 is 12.0 Å². The van der Waals surface area contributed by atoms with Gasteiger partial charge in [-0.3, -0.25) is 0 Å². The van der Waals surface area contributed by atoms with E-state index in [1.54, 1.807) is 29.1 Å². The Balaban J connectivity index is 2.14. The van der Waals surface area contributed by atoms with Gasteiger partial charge < -0.3 is 15.1 Å². The number of benzene rings is 1. The van der Waals surface area contributed by atoms with E-state index in [1.165, 1.54) is 0 Å². The molecule has 19 heavy (non-hydrogen) atoms.